The van der Waals surface area contributed by atoms with Crippen molar-refractivity contribution in [2.24, 2.45) is 11.8 Å². The lowest BCUT2D eigenvalue weighted by Gasteiger charge is -2.36. The second-order valence-corrected chi connectivity index (χ2v) is 7.41. The maximum atomic E-state index is 12.7. The molecule has 6 nitrogen and oxygen atoms in total. The van der Waals surface area contributed by atoms with Crippen LogP contribution in [0.5, 0.6) is 0 Å². The van der Waals surface area contributed by atoms with Crippen LogP contribution in [0, 0.1) is 11.8 Å². The summed E-state index contributed by atoms with van der Waals surface area (Å²) in [5.74, 6) is -0.138. The molecule has 0 bridgehead atoms. The number of aromatic nitrogens is 1. The molecule has 2 fully saturated rings. The molecule has 150 valence electrons. The van der Waals surface area contributed by atoms with Crippen molar-refractivity contribution in [3.63, 3.8) is 0 Å². The Kier molecular flexibility index (Phi) is 4.86. The molecule has 0 aromatic carbocycles. The number of fused-ring (bicyclic) bond motifs is 1. The molecule has 1 aromatic rings. The van der Waals surface area contributed by atoms with Crippen molar-refractivity contribution in [3.05, 3.63) is 36.0 Å². The van der Waals surface area contributed by atoms with Crippen molar-refractivity contribution in [2.45, 2.75) is 19.0 Å². The van der Waals surface area contributed by atoms with E-state index >= 15 is 0 Å². The summed E-state index contributed by atoms with van der Waals surface area (Å²) < 4.78 is 38.0. The van der Waals surface area contributed by atoms with Crippen LogP contribution in [-0.4, -0.2) is 59.4 Å². The minimum Gasteiger partial charge on any atom is -0.354 e. The lowest BCUT2D eigenvalue weighted by molar-refractivity contribution is -0.142. The molecule has 2 atom stereocenters. The molecular formula is C19H21F3N4O2. The zero-order valence-corrected chi connectivity index (χ0v) is 15.2. The number of halogens is 3. The summed E-state index contributed by atoms with van der Waals surface area (Å²) in [4.78, 5) is 34.4. The first kappa shape index (κ1) is 18.9. The highest BCUT2D eigenvalue weighted by molar-refractivity contribution is 6.05. The molecule has 2 saturated heterocycles. The largest absolute Gasteiger partial charge is 0.417 e. The first-order chi connectivity index (χ1) is 13.3. The van der Waals surface area contributed by atoms with Crippen molar-refractivity contribution < 1.29 is 22.8 Å². The second kappa shape index (κ2) is 7.20. The molecule has 0 N–H and O–H groups in total. The van der Waals surface area contributed by atoms with Crippen LogP contribution in [0.25, 0.3) is 0 Å². The number of carbonyl (C=O) groups excluding carboxylic acids is 2. The first-order valence-corrected chi connectivity index (χ1v) is 9.35. The number of pyridine rings is 1. The van der Waals surface area contributed by atoms with Crippen LogP contribution in [0.4, 0.5) is 19.0 Å². The van der Waals surface area contributed by atoms with Crippen LogP contribution in [0.15, 0.2) is 30.5 Å². The predicted molar refractivity (Wildman–Crippen MR) is 95.1 cm³/mol. The number of hydrogen-bond acceptors (Lipinski definition) is 5. The highest BCUT2D eigenvalue weighted by Crippen LogP contribution is 2.35. The molecule has 9 heteroatoms. The number of carbonyl (C=O) groups is 2. The minimum atomic E-state index is -4.40. The number of likely N-dealkylation sites (tertiary alicyclic amines) is 1. The highest BCUT2D eigenvalue weighted by atomic mass is 19.4. The van der Waals surface area contributed by atoms with Crippen LogP contribution in [-0.2, 0) is 15.8 Å². The molecule has 3 heterocycles. The second-order valence-electron chi connectivity index (χ2n) is 7.41. The first-order valence-electron chi connectivity index (χ1n) is 9.35. The van der Waals surface area contributed by atoms with Gasteiger partial charge in [0.1, 0.15) is 5.82 Å². The molecule has 0 radical (unpaired) electrons. The van der Waals surface area contributed by atoms with Crippen LogP contribution in [0.2, 0.25) is 0 Å². The zero-order valence-electron chi connectivity index (χ0n) is 15.2. The SMILES string of the molecule is O=C1[C@H]2CC=CC[C@H]2C(=O)N1CN1CCN(c2ccc(C(F)(F)F)cn2)CC1. The van der Waals surface area contributed by atoms with Gasteiger partial charge in [-0.05, 0) is 25.0 Å². The Morgan fingerprint density at radius 3 is 2.07 bits per heavy atom. The fraction of sp³-hybridized carbons (Fsp3) is 0.526. The Hall–Kier alpha value is -2.42. The molecule has 28 heavy (non-hydrogen) atoms. The van der Waals surface area contributed by atoms with Gasteiger partial charge in [0.25, 0.3) is 0 Å². The van der Waals surface area contributed by atoms with Gasteiger partial charge in [-0.2, -0.15) is 13.2 Å². The molecule has 2 amide bonds. The van der Waals surface area contributed by atoms with Gasteiger partial charge in [0, 0.05) is 32.4 Å². The van der Waals surface area contributed by atoms with Gasteiger partial charge in [-0.25, -0.2) is 4.98 Å². The molecule has 0 unspecified atom stereocenters. The maximum Gasteiger partial charge on any atom is 0.417 e. The number of imide groups is 1. The van der Waals surface area contributed by atoms with Gasteiger partial charge in [-0.3, -0.25) is 19.4 Å². The minimum absolute atomic E-state index is 0.0915. The third kappa shape index (κ3) is 3.50. The van der Waals surface area contributed by atoms with Gasteiger partial charge in [0.05, 0.1) is 24.1 Å². The lowest BCUT2D eigenvalue weighted by atomic mass is 9.85. The fourth-order valence-electron chi connectivity index (χ4n) is 4.07. The normalized spacial score (nSPS) is 26.1. The topological polar surface area (TPSA) is 56.8 Å². The Morgan fingerprint density at radius 2 is 1.57 bits per heavy atom. The van der Waals surface area contributed by atoms with Gasteiger partial charge >= 0.3 is 6.18 Å². The van der Waals surface area contributed by atoms with Gasteiger partial charge in [0.15, 0.2) is 0 Å². The third-order valence-electron chi connectivity index (χ3n) is 5.71. The van der Waals surface area contributed by atoms with Crippen LogP contribution in [0.1, 0.15) is 18.4 Å². The number of amides is 2. The van der Waals surface area contributed by atoms with E-state index in [9.17, 15) is 22.8 Å². The van der Waals surface area contributed by atoms with Crippen LogP contribution < -0.4 is 4.90 Å². The zero-order chi connectivity index (χ0) is 19.9. The van der Waals surface area contributed by atoms with Gasteiger partial charge < -0.3 is 4.90 Å². The highest BCUT2D eigenvalue weighted by Gasteiger charge is 2.47. The van der Waals surface area contributed by atoms with E-state index in [1.54, 1.807) is 0 Å². The monoisotopic (exact) mass is 394 g/mol. The van der Waals surface area contributed by atoms with Crippen molar-refractivity contribution in [3.8, 4) is 0 Å². The molecule has 0 saturated carbocycles. The van der Waals surface area contributed by atoms with Crippen molar-refractivity contribution in [1.29, 1.82) is 0 Å². The van der Waals surface area contributed by atoms with Gasteiger partial charge in [0.2, 0.25) is 11.8 Å². The Balaban J connectivity index is 1.33. The summed E-state index contributed by atoms with van der Waals surface area (Å²) in [6, 6.07) is 2.41. The number of rotatable bonds is 3. The molecule has 3 aliphatic rings. The molecular weight excluding hydrogens is 373 g/mol. The maximum absolute atomic E-state index is 12.7. The number of anilines is 1. The summed E-state index contributed by atoms with van der Waals surface area (Å²) in [6.45, 7) is 2.63. The average Bonchev–Trinajstić information content (AvgIpc) is 2.93. The predicted octanol–water partition coefficient (Wildman–Crippen LogP) is 2.13. The number of allylic oxidation sites excluding steroid dienone is 2. The Morgan fingerprint density at radius 1 is 0.964 bits per heavy atom. The molecule has 1 aliphatic carbocycles. The molecule has 1 aromatic heterocycles. The average molecular weight is 394 g/mol. The van der Waals surface area contributed by atoms with E-state index in [0.717, 1.165) is 12.3 Å². The van der Waals surface area contributed by atoms with E-state index in [0.29, 0.717) is 44.8 Å². The summed E-state index contributed by atoms with van der Waals surface area (Å²) >= 11 is 0. The van der Waals surface area contributed by atoms with Crippen LogP contribution >= 0.6 is 0 Å². The smallest absolute Gasteiger partial charge is 0.354 e. The summed E-state index contributed by atoms with van der Waals surface area (Å²) in [5.41, 5.74) is -0.767. The number of hydrogen-bond donors (Lipinski definition) is 0. The van der Waals surface area contributed by atoms with E-state index in [1.165, 1.54) is 11.0 Å². The van der Waals surface area contributed by atoms with E-state index in [4.69, 9.17) is 0 Å². The lowest BCUT2D eigenvalue weighted by Crippen LogP contribution is -2.51. The van der Waals surface area contributed by atoms with Gasteiger partial charge in [-0.15, -0.1) is 0 Å². The van der Waals surface area contributed by atoms with Crippen LogP contribution in [0.3, 0.4) is 0 Å². The number of nitrogens with zero attached hydrogens (tertiary/aromatic N) is 4. The van der Waals surface area contributed by atoms with Crippen molar-refractivity contribution in [2.75, 3.05) is 37.7 Å². The van der Waals surface area contributed by atoms with E-state index in [1.807, 2.05) is 22.0 Å². The summed E-state index contributed by atoms with van der Waals surface area (Å²) in [5, 5.41) is 0. The van der Waals surface area contributed by atoms with E-state index in [2.05, 4.69) is 4.98 Å². The molecule has 4 rings (SSSR count). The third-order valence-corrected chi connectivity index (χ3v) is 5.71. The fourth-order valence-corrected chi connectivity index (χ4v) is 4.07. The van der Waals surface area contributed by atoms with Gasteiger partial charge in [-0.1, -0.05) is 12.2 Å². The Labute approximate surface area is 160 Å². The summed E-state index contributed by atoms with van der Waals surface area (Å²) in [7, 11) is 0. The van der Waals surface area contributed by atoms with E-state index < -0.39 is 11.7 Å². The Bertz CT molecular complexity index is 759. The molecule has 0 spiro atoms. The summed E-state index contributed by atoms with van der Waals surface area (Å²) in [6.07, 6.45) is 1.63. The molecule has 2 aliphatic heterocycles. The van der Waals surface area contributed by atoms with Crippen molar-refractivity contribution >= 4 is 17.6 Å². The quantitative estimate of drug-likeness (QED) is 0.581. The number of piperazine rings is 1. The number of alkyl halides is 3. The van der Waals surface area contributed by atoms with E-state index in [-0.39, 0.29) is 30.3 Å². The van der Waals surface area contributed by atoms with Crippen molar-refractivity contribution in [1.82, 2.24) is 14.8 Å². The standard InChI is InChI=1S/C19H21F3N4O2/c20-19(21,22)13-5-6-16(23-11-13)25-9-7-24(8-10-25)12-26-17(27)14-3-1-2-4-15(14)18(26)28/h1-2,5-6,11,14-15H,3-4,7-10,12H2/t14-,15+.